The van der Waals surface area contributed by atoms with E-state index in [1.54, 1.807) is 11.8 Å². The Balaban J connectivity index is 2.04. The average Bonchev–Trinajstić information content (AvgIpc) is 2.66. The summed E-state index contributed by atoms with van der Waals surface area (Å²) in [5.41, 5.74) is 0. The molecule has 2 saturated heterocycles. The molecular weight excluding hydrogens is 232 g/mol. The van der Waals surface area contributed by atoms with Crippen molar-refractivity contribution < 1.29 is 14.3 Å². The van der Waals surface area contributed by atoms with E-state index in [0.717, 1.165) is 12.8 Å². The summed E-state index contributed by atoms with van der Waals surface area (Å²) in [5.74, 6) is -0.0527. The van der Waals surface area contributed by atoms with Gasteiger partial charge in [0.2, 0.25) is 11.8 Å². The summed E-state index contributed by atoms with van der Waals surface area (Å²) in [7, 11) is 0. The van der Waals surface area contributed by atoms with Crippen molar-refractivity contribution in [2.75, 3.05) is 6.54 Å². The second kappa shape index (κ2) is 5.26. The van der Waals surface area contributed by atoms with Gasteiger partial charge in [0.25, 0.3) is 0 Å². The van der Waals surface area contributed by atoms with Crippen LogP contribution in [0.5, 0.6) is 0 Å². The Labute approximate surface area is 108 Å². The van der Waals surface area contributed by atoms with Gasteiger partial charge < -0.3 is 15.0 Å². The number of hydrogen-bond acceptors (Lipinski definition) is 3. The van der Waals surface area contributed by atoms with Crippen molar-refractivity contribution in [1.82, 2.24) is 10.2 Å². The molecule has 0 radical (unpaired) electrons. The van der Waals surface area contributed by atoms with Gasteiger partial charge in [-0.15, -0.1) is 0 Å². The van der Waals surface area contributed by atoms with E-state index in [4.69, 9.17) is 4.74 Å². The van der Waals surface area contributed by atoms with Crippen molar-refractivity contribution in [3.8, 4) is 0 Å². The molecule has 2 fully saturated rings. The second-order valence-electron chi connectivity index (χ2n) is 5.48. The molecular formula is C13H22N2O3. The van der Waals surface area contributed by atoms with Gasteiger partial charge in [0.05, 0.1) is 12.2 Å². The molecule has 0 aromatic carbocycles. The highest BCUT2D eigenvalue weighted by atomic mass is 16.5. The molecule has 0 aromatic heterocycles. The van der Waals surface area contributed by atoms with Crippen LogP contribution in [0.15, 0.2) is 0 Å². The second-order valence-corrected chi connectivity index (χ2v) is 5.48. The fourth-order valence-corrected chi connectivity index (χ4v) is 2.72. The lowest BCUT2D eigenvalue weighted by molar-refractivity contribution is -0.136. The Kier molecular flexibility index (Phi) is 3.90. The van der Waals surface area contributed by atoms with Crippen LogP contribution in [0.25, 0.3) is 0 Å². The number of hydrogen-bond donors (Lipinski definition) is 1. The predicted molar refractivity (Wildman–Crippen MR) is 67.0 cm³/mol. The molecule has 4 atom stereocenters. The molecule has 2 rings (SSSR count). The summed E-state index contributed by atoms with van der Waals surface area (Å²) in [4.78, 5) is 25.6. The lowest BCUT2D eigenvalue weighted by atomic mass is 10.1. The zero-order valence-corrected chi connectivity index (χ0v) is 11.3. The van der Waals surface area contributed by atoms with Crippen LogP contribution >= 0.6 is 0 Å². The van der Waals surface area contributed by atoms with Gasteiger partial charge in [-0.05, 0) is 33.6 Å². The molecule has 2 aliphatic rings. The molecule has 0 bridgehead atoms. The Morgan fingerprint density at radius 2 is 2.00 bits per heavy atom. The van der Waals surface area contributed by atoms with Gasteiger partial charge in [-0.25, -0.2) is 0 Å². The van der Waals surface area contributed by atoms with Crippen LogP contribution in [0, 0.1) is 0 Å². The molecule has 0 spiro atoms. The normalized spacial score (nSPS) is 37.6. The number of rotatable bonds is 2. The largest absolute Gasteiger partial charge is 0.373 e. The van der Waals surface area contributed by atoms with Crippen LogP contribution in [-0.2, 0) is 14.3 Å². The van der Waals surface area contributed by atoms with Crippen LogP contribution < -0.4 is 5.32 Å². The molecule has 102 valence electrons. The van der Waals surface area contributed by atoms with Crippen molar-refractivity contribution in [2.45, 2.75) is 64.3 Å². The van der Waals surface area contributed by atoms with Gasteiger partial charge in [0, 0.05) is 19.0 Å². The van der Waals surface area contributed by atoms with Crippen LogP contribution in [0.2, 0.25) is 0 Å². The minimum atomic E-state index is -0.429. The summed E-state index contributed by atoms with van der Waals surface area (Å²) in [6, 6.07) is -0.483. The minimum Gasteiger partial charge on any atom is -0.373 e. The molecule has 4 unspecified atom stereocenters. The highest BCUT2D eigenvalue weighted by molar-refractivity contribution is 5.90. The van der Waals surface area contributed by atoms with Crippen molar-refractivity contribution in [1.29, 1.82) is 0 Å². The Morgan fingerprint density at radius 3 is 2.61 bits per heavy atom. The smallest absolute Gasteiger partial charge is 0.245 e. The maximum Gasteiger partial charge on any atom is 0.245 e. The van der Waals surface area contributed by atoms with Gasteiger partial charge in [0.1, 0.15) is 6.04 Å². The molecule has 0 aromatic rings. The van der Waals surface area contributed by atoms with Crippen molar-refractivity contribution in [3.63, 3.8) is 0 Å². The molecule has 0 aliphatic carbocycles. The third-order valence-electron chi connectivity index (χ3n) is 3.76. The first-order valence-corrected chi connectivity index (χ1v) is 6.72. The molecule has 2 heterocycles. The van der Waals surface area contributed by atoms with E-state index in [1.807, 2.05) is 6.92 Å². The maximum absolute atomic E-state index is 12.2. The number of ether oxygens (including phenoxy) is 1. The fourth-order valence-electron chi connectivity index (χ4n) is 2.72. The van der Waals surface area contributed by atoms with Crippen molar-refractivity contribution in [2.24, 2.45) is 0 Å². The number of nitrogens with one attached hydrogen (secondary N) is 1. The number of carbonyl (C=O) groups excluding carboxylic acids is 2. The van der Waals surface area contributed by atoms with E-state index in [1.165, 1.54) is 0 Å². The van der Waals surface area contributed by atoms with Gasteiger partial charge in [-0.2, -0.15) is 0 Å². The van der Waals surface area contributed by atoms with Gasteiger partial charge in [0.15, 0.2) is 0 Å². The molecule has 18 heavy (non-hydrogen) atoms. The summed E-state index contributed by atoms with van der Waals surface area (Å²) in [6.45, 7) is 6.32. The standard InChI is InChI=1S/C13H22N2O3/c1-8-6-12(16)14-10(3)13(17)15(8)7-11-5-4-9(2)18-11/h8-11H,4-7H2,1-3H3,(H,14,16). The number of amides is 2. The molecule has 0 saturated carbocycles. The van der Waals surface area contributed by atoms with E-state index in [2.05, 4.69) is 12.2 Å². The summed E-state index contributed by atoms with van der Waals surface area (Å²) < 4.78 is 5.76. The summed E-state index contributed by atoms with van der Waals surface area (Å²) >= 11 is 0. The number of carbonyl (C=O) groups is 2. The molecule has 5 heteroatoms. The van der Waals surface area contributed by atoms with Crippen LogP contribution in [0.1, 0.15) is 40.0 Å². The first-order chi connectivity index (χ1) is 8.47. The Hall–Kier alpha value is -1.10. The number of nitrogens with zero attached hydrogens (tertiary/aromatic N) is 1. The quantitative estimate of drug-likeness (QED) is 0.788. The predicted octanol–water partition coefficient (Wildman–Crippen LogP) is 0.679. The van der Waals surface area contributed by atoms with Crippen LogP contribution in [-0.4, -0.2) is 47.6 Å². The Morgan fingerprint density at radius 1 is 1.28 bits per heavy atom. The van der Waals surface area contributed by atoms with Gasteiger partial charge in [-0.3, -0.25) is 9.59 Å². The van der Waals surface area contributed by atoms with E-state index in [9.17, 15) is 9.59 Å². The zero-order chi connectivity index (χ0) is 13.3. The van der Waals surface area contributed by atoms with Crippen LogP contribution in [0.4, 0.5) is 0 Å². The maximum atomic E-state index is 12.2. The Bertz CT molecular complexity index is 345. The van der Waals surface area contributed by atoms with Gasteiger partial charge in [-0.1, -0.05) is 0 Å². The molecule has 2 amide bonds. The molecule has 2 aliphatic heterocycles. The summed E-state index contributed by atoms with van der Waals surface area (Å²) in [6.07, 6.45) is 2.82. The summed E-state index contributed by atoms with van der Waals surface area (Å²) in [5, 5.41) is 2.71. The lowest BCUT2D eigenvalue weighted by Crippen LogP contribution is -2.47. The van der Waals surface area contributed by atoms with E-state index < -0.39 is 6.04 Å². The average molecular weight is 254 g/mol. The van der Waals surface area contributed by atoms with E-state index >= 15 is 0 Å². The zero-order valence-electron chi connectivity index (χ0n) is 11.3. The minimum absolute atomic E-state index is 0.00324. The highest BCUT2D eigenvalue weighted by Gasteiger charge is 2.34. The van der Waals surface area contributed by atoms with Gasteiger partial charge >= 0.3 is 0 Å². The third kappa shape index (κ3) is 2.83. The lowest BCUT2D eigenvalue weighted by Gasteiger charge is -2.30. The topological polar surface area (TPSA) is 58.6 Å². The van der Waals surface area contributed by atoms with Crippen molar-refractivity contribution >= 4 is 11.8 Å². The SMILES string of the molecule is CC1CCC(CN2C(=O)C(C)NC(=O)CC2C)O1. The fraction of sp³-hybridized carbons (Fsp3) is 0.846. The highest BCUT2D eigenvalue weighted by Crippen LogP contribution is 2.22. The first-order valence-electron chi connectivity index (χ1n) is 6.72. The van der Waals surface area contributed by atoms with E-state index in [-0.39, 0.29) is 30.1 Å². The monoisotopic (exact) mass is 254 g/mol. The van der Waals surface area contributed by atoms with Crippen LogP contribution in [0.3, 0.4) is 0 Å². The first kappa shape index (κ1) is 13.3. The third-order valence-corrected chi connectivity index (χ3v) is 3.76. The van der Waals surface area contributed by atoms with Crippen molar-refractivity contribution in [3.05, 3.63) is 0 Å². The molecule has 1 N–H and O–H groups in total. The van der Waals surface area contributed by atoms with E-state index in [0.29, 0.717) is 13.0 Å². The molecule has 5 nitrogen and oxygen atoms in total.